The first kappa shape index (κ1) is 13.2. The van der Waals surface area contributed by atoms with Gasteiger partial charge >= 0.3 is 0 Å². The minimum absolute atomic E-state index is 0.386. The summed E-state index contributed by atoms with van der Waals surface area (Å²) >= 11 is 2.36. The number of aromatic hydroxyl groups is 1. The second-order valence-corrected chi connectivity index (χ2v) is 6.81. The molecule has 1 N–H and O–H groups in total. The molecule has 1 nitrogen and oxygen atoms in total. The second kappa shape index (κ2) is 5.17. The van der Waals surface area contributed by atoms with Crippen LogP contribution in [-0.2, 0) is 0 Å². The summed E-state index contributed by atoms with van der Waals surface area (Å²) in [7, 11) is 0. The van der Waals surface area contributed by atoms with Gasteiger partial charge in [-0.1, -0.05) is 27.2 Å². The van der Waals surface area contributed by atoms with E-state index in [1.165, 1.54) is 22.8 Å². The van der Waals surface area contributed by atoms with Gasteiger partial charge in [0.2, 0.25) is 0 Å². The minimum Gasteiger partial charge on any atom is -0.507 e. The summed E-state index contributed by atoms with van der Waals surface area (Å²) in [6.45, 7) is 6.55. The summed E-state index contributed by atoms with van der Waals surface area (Å²) in [4.78, 5) is 0. The molecule has 1 saturated carbocycles. The van der Waals surface area contributed by atoms with E-state index in [4.69, 9.17) is 0 Å². The Morgan fingerprint density at radius 3 is 2.24 bits per heavy atom. The fourth-order valence-electron chi connectivity index (χ4n) is 2.62. The largest absolute Gasteiger partial charge is 0.507 e. The first-order valence-corrected chi connectivity index (χ1v) is 7.61. The molecule has 0 aliphatic heterocycles. The van der Waals surface area contributed by atoms with E-state index < -0.39 is 0 Å². The molecule has 1 fully saturated rings. The van der Waals surface area contributed by atoms with Crippen LogP contribution in [0.3, 0.4) is 0 Å². The lowest BCUT2D eigenvalue weighted by Crippen LogP contribution is -2.18. The number of hydrogen-bond acceptors (Lipinski definition) is 1. The van der Waals surface area contributed by atoms with Crippen LogP contribution in [0.25, 0.3) is 0 Å². The monoisotopic (exact) mass is 344 g/mol. The smallest absolute Gasteiger partial charge is 0.122 e. The number of phenols is 1. The molecule has 0 unspecified atom stereocenters. The van der Waals surface area contributed by atoms with E-state index in [-0.39, 0.29) is 0 Å². The quantitative estimate of drug-likeness (QED) is 0.763. The van der Waals surface area contributed by atoms with Crippen molar-refractivity contribution in [2.24, 2.45) is 5.92 Å². The van der Waals surface area contributed by atoms with Gasteiger partial charge in [-0.05, 0) is 76.4 Å². The maximum atomic E-state index is 10.4. The van der Waals surface area contributed by atoms with E-state index >= 15 is 0 Å². The Kier molecular flexibility index (Phi) is 4.01. The fraction of sp³-hybridized carbons (Fsp3) is 0.600. The molecule has 94 valence electrons. The van der Waals surface area contributed by atoms with Gasteiger partial charge in [0, 0.05) is 3.57 Å². The zero-order valence-electron chi connectivity index (χ0n) is 10.8. The van der Waals surface area contributed by atoms with E-state index in [9.17, 15) is 5.11 Å². The summed E-state index contributed by atoms with van der Waals surface area (Å²) in [6.07, 6.45) is 4.00. The predicted molar refractivity (Wildman–Crippen MR) is 80.7 cm³/mol. The SMILES string of the molecule is CC(C)c1cc(I)cc([C@@H](C)C2CCC2)c1O. The fourth-order valence-corrected chi connectivity index (χ4v) is 3.29. The molecule has 1 aliphatic carbocycles. The number of halogens is 1. The van der Waals surface area contributed by atoms with Crippen molar-refractivity contribution >= 4 is 22.6 Å². The van der Waals surface area contributed by atoms with Crippen LogP contribution >= 0.6 is 22.6 Å². The van der Waals surface area contributed by atoms with E-state index in [2.05, 4.69) is 55.5 Å². The number of phenolic OH excluding ortho intramolecular Hbond substituents is 1. The first-order chi connectivity index (χ1) is 8.00. The molecule has 2 rings (SSSR count). The van der Waals surface area contributed by atoms with Crippen molar-refractivity contribution in [3.63, 3.8) is 0 Å². The standard InChI is InChI=1S/C15H21IO/c1-9(2)13-7-12(16)8-14(15(13)17)10(3)11-5-4-6-11/h7-11,17H,4-6H2,1-3H3/t10-/m0/s1. The van der Waals surface area contributed by atoms with Crippen molar-refractivity contribution in [1.29, 1.82) is 0 Å². The highest BCUT2D eigenvalue weighted by Gasteiger charge is 2.27. The Morgan fingerprint density at radius 2 is 1.76 bits per heavy atom. The van der Waals surface area contributed by atoms with E-state index in [0.29, 0.717) is 17.6 Å². The van der Waals surface area contributed by atoms with Crippen LogP contribution in [0.1, 0.15) is 63.0 Å². The predicted octanol–water partition coefficient (Wildman–Crippen LogP) is 5.02. The molecule has 1 aliphatic rings. The summed E-state index contributed by atoms with van der Waals surface area (Å²) in [5, 5.41) is 10.4. The molecular formula is C15H21IO. The molecule has 0 heterocycles. The lowest BCUT2D eigenvalue weighted by atomic mass is 9.73. The molecule has 1 aromatic rings. The van der Waals surface area contributed by atoms with E-state index in [0.717, 1.165) is 17.0 Å². The summed E-state index contributed by atoms with van der Waals surface area (Å²) < 4.78 is 1.24. The van der Waals surface area contributed by atoms with Gasteiger partial charge in [-0.2, -0.15) is 0 Å². The van der Waals surface area contributed by atoms with Crippen LogP contribution in [0.5, 0.6) is 5.75 Å². The molecule has 0 radical (unpaired) electrons. The summed E-state index contributed by atoms with van der Waals surface area (Å²) in [5.74, 6) is 2.20. The average molecular weight is 344 g/mol. The Hall–Kier alpha value is -0.250. The lowest BCUT2D eigenvalue weighted by Gasteiger charge is -2.32. The van der Waals surface area contributed by atoms with E-state index in [1.54, 1.807) is 0 Å². The normalized spacial score (nSPS) is 18.2. The van der Waals surface area contributed by atoms with Crippen LogP contribution in [0.2, 0.25) is 0 Å². The van der Waals surface area contributed by atoms with Crippen LogP contribution in [0, 0.1) is 9.49 Å². The molecule has 2 heteroatoms. The van der Waals surface area contributed by atoms with Gasteiger partial charge in [0.25, 0.3) is 0 Å². The topological polar surface area (TPSA) is 20.2 Å². The van der Waals surface area contributed by atoms with Crippen LogP contribution in [0.4, 0.5) is 0 Å². The van der Waals surface area contributed by atoms with Crippen molar-refractivity contribution < 1.29 is 5.11 Å². The van der Waals surface area contributed by atoms with Gasteiger partial charge in [0.1, 0.15) is 5.75 Å². The highest BCUT2D eigenvalue weighted by atomic mass is 127. The van der Waals surface area contributed by atoms with Crippen molar-refractivity contribution in [2.45, 2.75) is 51.9 Å². The van der Waals surface area contributed by atoms with Crippen LogP contribution in [-0.4, -0.2) is 5.11 Å². The Balaban J connectivity index is 2.38. The molecule has 0 spiro atoms. The summed E-state index contributed by atoms with van der Waals surface area (Å²) in [6, 6.07) is 4.27. The molecule has 17 heavy (non-hydrogen) atoms. The summed E-state index contributed by atoms with van der Waals surface area (Å²) in [5.41, 5.74) is 2.25. The molecule has 1 aromatic carbocycles. The molecule has 0 saturated heterocycles. The Labute approximate surface area is 118 Å². The second-order valence-electron chi connectivity index (χ2n) is 5.57. The van der Waals surface area contributed by atoms with Crippen molar-refractivity contribution in [1.82, 2.24) is 0 Å². The molecule has 0 aromatic heterocycles. The minimum atomic E-state index is 0.386. The lowest BCUT2D eigenvalue weighted by molar-refractivity contribution is 0.268. The molecule has 1 atom stereocenters. The van der Waals surface area contributed by atoms with Gasteiger partial charge < -0.3 is 5.11 Å². The molecule has 0 bridgehead atoms. The van der Waals surface area contributed by atoms with Gasteiger partial charge in [-0.15, -0.1) is 0 Å². The number of hydrogen-bond donors (Lipinski definition) is 1. The molecule has 0 amide bonds. The third-order valence-electron chi connectivity index (χ3n) is 4.10. The Morgan fingerprint density at radius 1 is 1.18 bits per heavy atom. The van der Waals surface area contributed by atoms with Crippen molar-refractivity contribution in [3.05, 3.63) is 26.8 Å². The average Bonchev–Trinajstić information content (AvgIpc) is 2.17. The van der Waals surface area contributed by atoms with Crippen LogP contribution in [0.15, 0.2) is 12.1 Å². The third-order valence-corrected chi connectivity index (χ3v) is 4.73. The van der Waals surface area contributed by atoms with Gasteiger partial charge in [-0.25, -0.2) is 0 Å². The Bertz CT molecular complexity index is 408. The zero-order chi connectivity index (χ0) is 12.6. The number of rotatable bonds is 3. The third kappa shape index (κ3) is 2.61. The van der Waals surface area contributed by atoms with Crippen molar-refractivity contribution in [2.75, 3.05) is 0 Å². The highest BCUT2D eigenvalue weighted by molar-refractivity contribution is 14.1. The van der Waals surface area contributed by atoms with Gasteiger partial charge in [-0.3, -0.25) is 0 Å². The van der Waals surface area contributed by atoms with Crippen LogP contribution < -0.4 is 0 Å². The van der Waals surface area contributed by atoms with Crippen molar-refractivity contribution in [3.8, 4) is 5.75 Å². The van der Waals surface area contributed by atoms with Gasteiger partial charge in [0.05, 0.1) is 0 Å². The maximum absolute atomic E-state index is 10.4. The van der Waals surface area contributed by atoms with E-state index in [1.807, 2.05) is 0 Å². The highest BCUT2D eigenvalue weighted by Crippen LogP contribution is 2.44. The number of benzene rings is 1. The first-order valence-electron chi connectivity index (χ1n) is 6.53. The zero-order valence-corrected chi connectivity index (χ0v) is 13.0. The maximum Gasteiger partial charge on any atom is 0.122 e. The molecular weight excluding hydrogens is 323 g/mol. The van der Waals surface area contributed by atoms with Gasteiger partial charge in [0.15, 0.2) is 0 Å².